The summed E-state index contributed by atoms with van der Waals surface area (Å²) in [5, 5.41) is 12.0. The Labute approximate surface area is 151 Å². The average Bonchev–Trinajstić information content (AvgIpc) is 3.28. The fourth-order valence-electron chi connectivity index (χ4n) is 3.33. The maximum Gasteiger partial charge on any atom is 0.261 e. The van der Waals surface area contributed by atoms with Crippen LogP contribution >= 0.6 is 11.3 Å². The molecule has 0 saturated heterocycles. The molecular formula is C19H22N4OS. The van der Waals surface area contributed by atoms with E-state index in [1.54, 1.807) is 0 Å². The van der Waals surface area contributed by atoms with Gasteiger partial charge in [-0.1, -0.05) is 32.0 Å². The first-order valence-corrected chi connectivity index (χ1v) is 9.40. The fourth-order valence-corrected chi connectivity index (χ4v) is 4.33. The number of hydrogen-bond acceptors (Lipinski definition) is 4. The lowest BCUT2D eigenvalue weighted by atomic mass is 10.1. The smallest absolute Gasteiger partial charge is 0.261 e. The highest BCUT2D eigenvalue weighted by molar-refractivity contribution is 7.20. The van der Waals surface area contributed by atoms with Gasteiger partial charge >= 0.3 is 0 Å². The minimum absolute atomic E-state index is 0.0190. The van der Waals surface area contributed by atoms with E-state index in [2.05, 4.69) is 47.8 Å². The molecule has 25 heavy (non-hydrogen) atoms. The van der Waals surface area contributed by atoms with Crippen molar-refractivity contribution in [3.05, 3.63) is 51.5 Å². The van der Waals surface area contributed by atoms with Crippen molar-refractivity contribution in [2.75, 3.05) is 0 Å². The highest BCUT2D eigenvalue weighted by atomic mass is 32.1. The van der Waals surface area contributed by atoms with Crippen molar-refractivity contribution in [1.82, 2.24) is 20.4 Å². The monoisotopic (exact) mass is 354 g/mol. The number of thiophene rings is 1. The molecule has 2 N–H and O–H groups in total. The molecule has 6 heteroatoms. The summed E-state index contributed by atoms with van der Waals surface area (Å²) in [7, 11) is 1.94. The van der Waals surface area contributed by atoms with E-state index < -0.39 is 0 Å². The second-order valence-corrected chi connectivity index (χ2v) is 7.91. The topological polar surface area (TPSA) is 59.0 Å². The van der Waals surface area contributed by atoms with Gasteiger partial charge in [-0.3, -0.25) is 9.48 Å². The third-order valence-corrected chi connectivity index (χ3v) is 5.87. The summed E-state index contributed by atoms with van der Waals surface area (Å²) in [4.78, 5) is 14.4. The van der Waals surface area contributed by atoms with Crippen molar-refractivity contribution in [3.8, 4) is 0 Å². The third-order valence-electron chi connectivity index (χ3n) is 4.67. The number of nitrogens with one attached hydrogen (secondary N) is 2. The SMILES string of the molecule is CC(C)c1nn(C)c2sc(C(=O)NCc3ccc4c(c3)CNC4)cc12. The van der Waals surface area contributed by atoms with Gasteiger partial charge in [0.15, 0.2) is 0 Å². The number of carbonyl (C=O) groups excluding carboxylic acids is 1. The van der Waals surface area contributed by atoms with E-state index in [0.717, 1.165) is 39.4 Å². The first-order valence-electron chi connectivity index (χ1n) is 8.59. The highest BCUT2D eigenvalue weighted by Gasteiger charge is 2.18. The molecule has 5 nitrogen and oxygen atoms in total. The van der Waals surface area contributed by atoms with Crippen LogP contribution in [0.1, 0.15) is 51.8 Å². The molecule has 0 radical (unpaired) electrons. The van der Waals surface area contributed by atoms with Crippen LogP contribution in [-0.2, 0) is 26.7 Å². The molecule has 3 aromatic rings. The summed E-state index contributed by atoms with van der Waals surface area (Å²) in [5.41, 5.74) is 4.88. The Morgan fingerprint density at radius 1 is 1.32 bits per heavy atom. The summed E-state index contributed by atoms with van der Waals surface area (Å²) in [6.07, 6.45) is 0. The molecule has 1 aromatic carbocycles. The minimum atomic E-state index is -0.0190. The maximum atomic E-state index is 12.6. The normalized spacial score (nSPS) is 13.6. The average molecular weight is 354 g/mol. The number of aromatic nitrogens is 2. The molecule has 1 aliphatic heterocycles. The zero-order valence-corrected chi connectivity index (χ0v) is 15.5. The predicted molar refractivity (Wildman–Crippen MR) is 101 cm³/mol. The molecule has 0 spiro atoms. The van der Waals surface area contributed by atoms with E-state index in [1.165, 1.54) is 22.5 Å². The number of nitrogens with zero attached hydrogens (tertiary/aromatic N) is 2. The fraction of sp³-hybridized carbons (Fsp3) is 0.368. The first kappa shape index (κ1) is 16.3. The van der Waals surface area contributed by atoms with Crippen molar-refractivity contribution < 1.29 is 4.79 Å². The summed E-state index contributed by atoms with van der Waals surface area (Å²) < 4.78 is 1.87. The van der Waals surface area contributed by atoms with Crippen molar-refractivity contribution >= 4 is 27.5 Å². The van der Waals surface area contributed by atoms with Gasteiger partial charge in [-0.05, 0) is 28.7 Å². The van der Waals surface area contributed by atoms with E-state index in [-0.39, 0.29) is 5.91 Å². The molecule has 0 unspecified atom stereocenters. The van der Waals surface area contributed by atoms with Gasteiger partial charge < -0.3 is 10.6 Å². The van der Waals surface area contributed by atoms with Crippen LogP contribution in [0.5, 0.6) is 0 Å². The van der Waals surface area contributed by atoms with Gasteiger partial charge in [0.1, 0.15) is 4.83 Å². The lowest BCUT2D eigenvalue weighted by Crippen LogP contribution is -2.21. The highest BCUT2D eigenvalue weighted by Crippen LogP contribution is 2.31. The molecule has 130 valence electrons. The largest absolute Gasteiger partial charge is 0.347 e. The molecule has 1 aliphatic rings. The van der Waals surface area contributed by atoms with Crippen LogP contribution in [0.4, 0.5) is 0 Å². The molecule has 0 atom stereocenters. The van der Waals surface area contributed by atoms with Gasteiger partial charge in [-0.25, -0.2) is 0 Å². The number of rotatable bonds is 4. The molecule has 3 heterocycles. The zero-order chi connectivity index (χ0) is 17.6. The Balaban J connectivity index is 1.51. The molecule has 1 amide bonds. The van der Waals surface area contributed by atoms with Crippen LogP contribution in [0.15, 0.2) is 24.3 Å². The van der Waals surface area contributed by atoms with Crippen LogP contribution in [0.2, 0.25) is 0 Å². The van der Waals surface area contributed by atoms with Crippen LogP contribution < -0.4 is 10.6 Å². The maximum absolute atomic E-state index is 12.6. The molecule has 0 saturated carbocycles. The molecule has 0 fully saturated rings. The molecule has 0 bridgehead atoms. The van der Waals surface area contributed by atoms with Crippen molar-refractivity contribution in [2.45, 2.75) is 39.4 Å². The van der Waals surface area contributed by atoms with E-state index in [0.29, 0.717) is 12.5 Å². The number of aryl methyl sites for hydroxylation is 1. The van der Waals surface area contributed by atoms with Crippen molar-refractivity contribution in [2.24, 2.45) is 7.05 Å². The van der Waals surface area contributed by atoms with Gasteiger partial charge in [0.25, 0.3) is 5.91 Å². The molecule has 0 aliphatic carbocycles. The number of carbonyl (C=O) groups is 1. The van der Waals surface area contributed by atoms with Gasteiger partial charge in [0.05, 0.1) is 10.6 Å². The minimum Gasteiger partial charge on any atom is -0.347 e. The summed E-state index contributed by atoms with van der Waals surface area (Å²) in [5.74, 6) is 0.323. The number of hydrogen-bond donors (Lipinski definition) is 2. The van der Waals surface area contributed by atoms with Crippen LogP contribution in [0.25, 0.3) is 10.2 Å². The lowest BCUT2D eigenvalue weighted by molar-refractivity contribution is 0.0955. The predicted octanol–water partition coefficient (Wildman–Crippen LogP) is 3.29. The van der Waals surface area contributed by atoms with Crippen LogP contribution in [0, 0.1) is 0 Å². The summed E-state index contributed by atoms with van der Waals surface area (Å²) >= 11 is 1.50. The van der Waals surface area contributed by atoms with Gasteiger partial charge in [-0.15, -0.1) is 11.3 Å². The van der Waals surface area contributed by atoms with Gasteiger partial charge in [0.2, 0.25) is 0 Å². The van der Waals surface area contributed by atoms with Crippen molar-refractivity contribution in [1.29, 1.82) is 0 Å². The Bertz CT molecular complexity index is 954. The van der Waals surface area contributed by atoms with Crippen molar-refractivity contribution in [3.63, 3.8) is 0 Å². The zero-order valence-electron chi connectivity index (χ0n) is 14.7. The Morgan fingerprint density at radius 3 is 2.92 bits per heavy atom. The quantitative estimate of drug-likeness (QED) is 0.756. The Kier molecular flexibility index (Phi) is 4.09. The van der Waals surface area contributed by atoms with Gasteiger partial charge in [0, 0.05) is 32.1 Å². The van der Waals surface area contributed by atoms with E-state index in [9.17, 15) is 4.79 Å². The second kappa shape index (κ2) is 6.28. The van der Waals surface area contributed by atoms with Crippen LogP contribution in [-0.4, -0.2) is 15.7 Å². The molecule has 4 rings (SSSR count). The number of fused-ring (bicyclic) bond motifs is 2. The van der Waals surface area contributed by atoms with E-state index >= 15 is 0 Å². The second-order valence-electron chi connectivity index (χ2n) is 6.88. The lowest BCUT2D eigenvalue weighted by Gasteiger charge is -2.06. The Morgan fingerprint density at radius 2 is 2.12 bits per heavy atom. The Hall–Kier alpha value is -2.18. The number of amides is 1. The molecular weight excluding hydrogens is 332 g/mol. The molecule has 2 aromatic heterocycles. The van der Waals surface area contributed by atoms with Gasteiger partial charge in [-0.2, -0.15) is 5.10 Å². The van der Waals surface area contributed by atoms with E-state index in [4.69, 9.17) is 0 Å². The first-order chi connectivity index (χ1) is 12.0. The number of benzene rings is 1. The summed E-state index contributed by atoms with van der Waals surface area (Å²) in [6.45, 7) is 6.66. The van der Waals surface area contributed by atoms with E-state index in [1.807, 2.05) is 17.8 Å². The standard InChI is InChI=1S/C19H22N4OS/c1-11(2)17-15-7-16(25-19(15)23(3)22-17)18(24)21-8-12-4-5-13-9-20-10-14(13)6-12/h4-7,11,20H,8-10H2,1-3H3,(H,21,24). The third kappa shape index (κ3) is 2.96. The summed E-state index contributed by atoms with van der Waals surface area (Å²) in [6, 6.07) is 8.40. The van der Waals surface area contributed by atoms with Crippen LogP contribution in [0.3, 0.4) is 0 Å².